The molecule has 21 heavy (non-hydrogen) atoms. The van der Waals surface area contributed by atoms with Crippen molar-refractivity contribution in [2.24, 2.45) is 7.05 Å². The van der Waals surface area contributed by atoms with Gasteiger partial charge >= 0.3 is 0 Å². The lowest BCUT2D eigenvalue weighted by molar-refractivity contribution is -0.119. The minimum atomic E-state index is -3.44. The van der Waals surface area contributed by atoms with Crippen molar-refractivity contribution in [1.29, 1.82) is 0 Å². The van der Waals surface area contributed by atoms with Gasteiger partial charge in [-0.25, -0.2) is 8.42 Å². The van der Waals surface area contributed by atoms with Crippen LogP contribution in [0.4, 0.5) is 0 Å². The molecule has 1 fully saturated rings. The Labute approximate surface area is 123 Å². The molecule has 1 aliphatic rings. The van der Waals surface area contributed by atoms with E-state index in [1.165, 1.54) is 0 Å². The van der Waals surface area contributed by atoms with Crippen LogP contribution in [0.5, 0.6) is 0 Å². The number of hydrogen-bond donors (Lipinski definition) is 2. The van der Waals surface area contributed by atoms with Crippen molar-refractivity contribution in [3.8, 4) is 0 Å². The quantitative estimate of drug-likeness (QED) is 0.773. The number of carbonyl (C=O) groups excluding carboxylic acids is 2. The summed E-state index contributed by atoms with van der Waals surface area (Å²) in [6.07, 6.45) is 4.70. The summed E-state index contributed by atoms with van der Waals surface area (Å²) in [6, 6.07) is 3.29. The predicted octanol–water partition coefficient (Wildman–Crippen LogP) is 0.143. The Morgan fingerprint density at radius 3 is 2.52 bits per heavy atom. The van der Waals surface area contributed by atoms with Gasteiger partial charge in [0.25, 0.3) is 11.8 Å². The number of amides is 2. The molecule has 0 radical (unpaired) electrons. The van der Waals surface area contributed by atoms with Gasteiger partial charge in [0.1, 0.15) is 11.4 Å². The van der Waals surface area contributed by atoms with Crippen molar-refractivity contribution in [1.82, 2.24) is 15.4 Å². The van der Waals surface area contributed by atoms with E-state index >= 15 is 0 Å². The maximum Gasteiger partial charge on any atom is 0.286 e. The van der Waals surface area contributed by atoms with Crippen LogP contribution in [-0.2, 0) is 21.7 Å². The van der Waals surface area contributed by atoms with Crippen molar-refractivity contribution in [2.75, 3.05) is 5.75 Å². The number of aromatic nitrogens is 1. The number of sulfone groups is 1. The molecule has 2 amide bonds. The van der Waals surface area contributed by atoms with E-state index in [-0.39, 0.29) is 0 Å². The predicted molar refractivity (Wildman–Crippen MR) is 77.1 cm³/mol. The summed E-state index contributed by atoms with van der Waals surface area (Å²) in [4.78, 5) is 23.4. The van der Waals surface area contributed by atoms with E-state index in [4.69, 9.17) is 0 Å². The molecule has 0 bridgehead atoms. The highest BCUT2D eigenvalue weighted by molar-refractivity contribution is 7.92. The normalized spacial score (nSPS) is 15.9. The highest BCUT2D eigenvalue weighted by atomic mass is 32.2. The van der Waals surface area contributed by atoms with Crippen LogP contribution in [0.1, 0.15) is 36.2 Å². The van der Waals surface area contributed by atoms with E-state index in [9.17, 15) is 18.0 Å². The number of carbonyl (C=O) groups is 2. The molecular formula is C13H19N3O4S. The van der Waals surface area contributed by atoms with Gasteiger partial charge in [0.15, 0.2) is 9.84 Å². The summed E-state index contributed by atoms with van der Waals surface area (Å²) >= 11 is 0. The van der Waals surface area contributed by atoms with Gasteiger partial charge in [-0.15, -0.1) is 0 Å². The average Bonchev–Trinajstić information content (AvgIpc) is 3.06. The standard InChI is InChI=1S/C13H19N3O4S/c1-16-8-4-7-11(16)13(18)15-14-12(17)9-21(19,20)10-5-2-3-6-10/h4,7-8,10H,2-3,5-6,9H2,1H3,(H,14,17)(H,15,18). The second-order valence-corrected chi connectivity index (χ2v) is 7.50. The van der Waals surface area contributed by atoms with E-state index in [1.807, 2.05) is 0 Å². The van der Waals surface area contributed by atoms with Crippen LogP contribution in [-0.4, -0.2) is 35.8 Å². The number of nitrogens with one attached hydrogen (secondary N) is 2. The van der Waals surface area contributed by atoms with Crippen LogP contribution in [0.15, 0.2) is 18.3 Å². The third-order valence-electron chi connectivity index (χ3n) is 3.63. The third-order valence-corrected chi connectivity index (χ3v) is 5.79. The molecule has 1 heterocycles. The molecule has 1 aliphatic carbocycles. The van der Waals surface area contributed by atoms with E-state index in [1.54, 1.807) is 29.9 Å². The number of aryl methyl sites for hydroxylation is 1. The molecule has 0 aromatic carbocycles. The largest absolute Gasteiger partial charge is 0.347 e. The Morgan fingerprint density at radius 1 is 1.29 bits per heavy atom. The van der Waals surface area contributed by atoms with Crippen molar-refractivity contribution in [3.63, 3.8) is 0 Å². The van der Waals surface area contributed by atoms with Crippen LogP contribution >= 0.6 is 0 Å². The van der Waals surface area contributed by atoms with Crippen molar-refractivity contribution >= 4 is 21.7 Å². The van der Waals surface area contributed by atoms with E-state index in [2.05, 4.69) is 10.9 Å². The van der Waals surface area contributed by atoms with Gasteiger partial charge in [0, 0.05) is 13.2 Å². The number of hydrogen-bond acceptors (Lipinski definition) is 4. The summed E-state index contributed by atoms with van der Waals surface area (Å²) < 4.78 is 25.6. The molecule has 8 heteroatoms. The molecule has 1 saturated carbocycles. The van der Waals surface area contributed by atoms with Crippen molar-refractivity contribution < 1.29 is 18.0 Å². The lowest BCUT2D eigenvalue weighted by atomic mass is 10.4. The summed E-state index contributed by atoms with van der Waals surface area (Å²) in [6.45, 7) is 0. The monoisotopic (exact) mass is 313 g/mol. The highest BCUT2D eigenvalue weighted by Crippen LogP contribution is 2.24. The number of hydrazine groups is 1. The molecule has 1 aromatic heterocycles. The Kier molecular flexibility index (Phi) is 4.66. The SMILES string of the molecule is Cn1cccc1C(=O)NNC(=O)CS(=O)(=O)C1CCCC1. The maximum atomic E-state index is 12.0. The minimum absolute atomic E-state index is 0.369. The van der Waals surface area contributed by atoms with Crippen LogP contribution in [0.2, 0.25) is 0 Å². The van der Waals surface area contributed by atoms with Crippen LogP contribution < -0.4 is 10.9 Å². The van der Waals surface area contributed by atoms with Gasteiger partial charge in [0.2, 0.25) is 0 Å². The molecule has 116 valence electrons. The zero-order chi connectivity index (χ0) is 15.5. The van der Waals surface area contributed by atoms with Crippen LogP contribution in [0.25, 0.3) is 0 Å². The zero-order valence-corrected chi connectivity index (χ0v) is 12.6. The van der Waals surface area contributed by atoms with Gasteiger partial charge in [-0.2, -0.15) is 0 Å². The summed E-state index contributed by atoms with van der Waals surface area (Å²) in [5.41, 5.74) is 4.73. The average molecular weight is 313 g/mol. The Hall–Kier alpha value is -1.83. The second kappa shape index (κ2) is 6.30. The Morgan fingerprint density at radius 2 is 1.95 bits per heavy atom. The first-order valence-electron chi connectivity index (χ1n) is 6.82. The smallest absolute Gasteiger partial charge is 0.286 e. The van der Waals surface area contributed by atoms with Gasteiger partial charge in [-0.1, -0.05) is 12.8 Å². The second-order valence-electron chi connectivity index (χ2n) is 5.22. The van der Waals surface area contributed by atoms with Crippen molar-refractivity contribution in [3.05, 3.63) is 24.0 Å². The lowest BCUT2D eigenvalue weighted by Crippen LogP contribution is -2.45. The molecule has 1 aromatic rings. The fraction of sp³-hybridized carbons (Fsp3) is 0.538. The van der Waals surface area contributed by atoms with Crippen molar-refractivity contribution in [2.45, 2.75) is 30.9 Å². The fourth-order valence-corrected chi connectivity index (χ4v) is 4.20. The summed E-state index contributed by atoms with van der Waals surface area (Å²) in [5.74, 6) is -1.80. The van der Waals surface area contributed by atoms with Gasteiger partial charge in [0.05, 0.1) is 5.25 Å². The Bertz CT molecular complexity index is 630. The van der Waals surface area contributed by atoms with E-state index in [0.29, 0.717) is 18.5 Å². The van der Waals surface area contributed by atoms with E-state index in [0.717, 1.165) is 12.8 Å². The lowest BCUT2D eigenvalue weighted by Gasteiger charge is -2.11. The first-order chi connectivity index (χ1) is 9.90. The topological polar surface area (TPSA) is 97.3 Å². The van der Waals surface area contributed by atoms with Gasteiger partial charge in [-0.05, 0) is 25.0 Å². The molecule has 0 spiro atoms. The molecule has 2 N–H and O–H groups in total. The number of nitrogens with zero attached hydrogens (tertiary/aromatic N) is 1. The van der Waals surface area contributed by atoms with Crippen LogP contribution in [0.3, 0.4) is 0 Å². The van der Waals surface area contributed by atoms with Crippen LogP contribution in [0, 0.1) is 0 Å². The first-order valence-corrected chi connectivity index (χ1v) is 8.54. The molecule has 2 rings (SSSR count). The molecular weight excluding hydrogens is 294 g/mol. The molecule has 0 unspecified atom stereocenters. The fourth-order valence-electron chi connectivity index (χ4n) is 2.47. The molecule has 7 nitrogen and oxygen atoms in total. The summed E-state index contributed by atoms with van der Waals surface area (Å²) in [5, 5.41) is -0.424. The Balaban J connectivity index is 1.85. The van der Waals surface area contributed by atoms with Gasteiger partial charge < -0.3 is 4.57 Å². The summed E-state index contributed by atoms with van der Waals surface area (Å²) in [7, 11) is -1.74. The maximum absolute atomic E-state index is 12.0. The molecule has 0 saturated heterocycles. The van der Waals surface area contributed by atoms with Gasteiger partial charge in [-0.3, -0.25) is 20.4 Å². The highest BCUT2D eigenvalue weighted by Gasteiger charge is 2.30. The molecule has 0 aliphatic heterocycles. The third kappa shape index (κ3) is 3.84. The van der Waals surface area contributed by atoms with E-state index < -0.39 is 32.7 Å². The zero-order valence-electron chi connectivity index (χ0n) is 11.8. The molecule has 0 atom stereocenters. The number of rotatable bonds is 4. The minimum Gasteiger partial charge on any atom is -0.347 e. The first kappa shape index (κ1) is 15.6.